The lowest BCUT2D eigenvalue weighted by Crippen LogP contribution is -2.48. The van der Waals surface area contributed by atoms with Gasteiger partial charge < -0.3 is 0 Å². The Morgan fingerprint density at radius 3 is 2.58 bits per heavy atom. The van der Waals surface area contributed by atoms with E-state index in [1.165, 1.54) is 23.3 Å². The van der Waals surface area contributed by atoms with Crippen LogP contribution in [-0.4, -0.2) is 17.8 Å². The van der Waals surface area contributed by atoms with Crippen LogP contribution in [0.25, 0.3) is 0 Å². The molecular weight excluding hydrogens is 252 g/mol. The minimum Gasteiger partial charge on any atom is -0.298 e. The van der Waals surface area contributed by atoms with Crippen molar-refractivity contribution in [2.45, 2.75) is 43.5 Å². The van der Waals surface area contributed by atoms with Crippen LogP contribution in [0.5, 0.6) is 0 Å². The highest BCUT2D eigenvalue weighted by Crippen LogP contribution is 2.42. The zero-order valence-corrected chi connectivity index (χ0v) is 12.6. The number of hydrogen-bond donors (Lipinski definition) is 1. The Hall–Kier alpha value is -0.980. The van der Waals surface area contributed by atoms with Gasteiger partial charge in [-0.2, -0.15) is 5.26 Å². The predicted molar refractivity (Wildman–Crippen MR) is 81.3 cm³/mol. The van der Waals surface area contributed by atoms with Gasteiger partial charge in [0.05, 0.1) is 6.07 Å². The molecule has 2 rings (SSSR count). The molecular formula is C16H22N2S. The van der Waals surface area contributed by atoms with Gasteiger partial charge >= 0.3 is 0 Å². The summed E-state index contributed by atoms with van der Waals surface area (Å²) in [5.41, 5.74) is 0.952. The van der Waals surface area contributed by atoms with E-state index in [9.17, 15) is 5.26 Å². The number of nitrogens with one attached hydrogen (secondary N) is 1. The average molecular weight is 274 g/mol. The van der Waals surface area contributed by atoms with Gasteiger partial charge in [-0.3, -0.25) is 5.32 Å². The van der Waals surface area contributed by atoms with Gasteiger partial charge in [-0.15, -0.1) is 11.8 Å². The normalized spacial score (nSPS) is 17.7. The van der Waals surface area contributed by atoms with Crippen LogP contribution in [0.2, 0.25) is 0 Å². The molecule has 3 heteroatoms. The smallest absolute Gasteiger partial charge is 0.119 e. The molecule has 19 heavy (non-hydrogen) atoms. The molecule has 0 radical (unpaired) electrons. The molecule has 1 aromatic carbocycles. The third-order valence-electron chi connectivity index (χ3n) is 3.65. The van der Waals surface area contributed by atoms with Crippen molar-refractivity contribution >= 4 is 11.8 Å². The Labute approximate surface area is 120 Å². The van der Waals surface area contributed by atoms with Crippen LogP contribution in [0.15, 0.2) is 29.2 Å². The summed E-state index contributed by atoms with van der Waals surface area (Å²) in [4.78, 5) is 1.25. The monoisotopic (exact) mass is 274 g/mol. The Morgan fingerprint density at radius 1 is 1.37 bits per heavy atom. The number of aryl methyl sites for hydroxylation is 1. The van der Waals surface area contributed by atoms with E-state index in [1.807, 2.05) is 0 Å². The highest BCUT2D eigenvalue weighted by Gasteiger charge is 2.45. The van der Waals surface area contributed by atoms with Gasteiger partial charge in [0.25, 0.3) is 0 Å². The predicted octanol–water partition coefficient (Wildman–Crippen LogP) is 3.76. The summed E-state index contributed by atoms with van der Waals surface area (Å²) >= 11 is 1.79. The first-order chi connectivity index (χ1) is 9.20. The van der Waals surface area contributed by atoms with Gasteiger partial charge in [0.2, 0.25) is 0 Å². The molecule has 1 fully saturated rings. The molecule has 1 atom stereocenters. The zero-order chi connectivity index (χ0) is 13.7. The maximum Gasteiger partial charge on any atom is 0.119 e. The van der Waals surface area contributed by atoms with Gasteiger partial charge in [0, 0.05) is 10.6 Å². The average Bonchev–Trinajstić information content (AvgIpc) is 3.26. The van der Waals surface area contributed by atoms with E-state index in [4.69, 9.17) is 0 Å². The van der Waals surface area contributed by atoms with Crippen LogP contribution in [0.1, 0.15) is 31.7 Å². The van der Waals surface area contributed by atoms with E-state index in [2.05, 4.69) is 49.5 Å². The van der Waals surface area contributed by atoms with Gasteiger partial charge in [-0.25, -0.2) is 0 Å². The molecule has 102 valence electrons. The molecule has 2 nitrogen and oxygen atoms in total. The molecule has 1 unspecified atom stereocenters. The molecule has 0 bridgehead atoms. The number of rotatable bonds is 7. The standard InChI is InChI=1S/C16H22N2S/c1-3-10-18-16(11-17,14-6-7-14)12-19-15-8-4-13(2)5-9-15/h4-5,8-9,14,18H,3,6-7,10,12H2,1-2H3. The summed E-state index contributed by atoms with van der Waals surface area (Å²) < 4.78 is 0. The third kappa shape index (κ3) is 3.75. The van der Waals surface area contributed by atoms with E-state index in [0.717, 1.165) is 18.7 Å². The molecule has 1 saturated carbocycles. The lowest BCUT2D eigenvalue weighted by Gasteiger charge is -2.27. The number of thioether (sulfide) groups is 1. The van der Waals surface area contributed by atoms with E-state index in [1.54, 1.807) is 11.8 Å². The topological polar surface area (TPSA) is 35.8 Å². The number of nitriles is 1. The third-order valence-corrected chi connectivity index (χ3v) is 4.86. The van der Waals surface area contributed by atoms with Gasteiger partial charge in [0.15, 0.2) is 0 Å². The van der Waals surface area contributed by atoms with E-state index >= 15 is 0 Å². The highest BCUT2D eigenvalue weighted by atomic mass is 32.2. The van der Waals surface area contributed by atoms with Crippen molar-refractivity contribution in [3.8, 4) is 6.07 Å². The van der Waals surface area contributed by atoms with Gasteiger partial charge in [-0.1, -0.05) is 24.6 Å². The first-order valence-corrected chi connectivity index (χ1v) is 8.04. The Kier molecular flexibility index (Phi) is 4.90. The SMILES string of the molecule is CCCNC(C#N)(CSc1ccc(C)cc1)C1CC1. The minimum atomic E-state index is -0.328. The highest BCUT2D eigenvalue weighted by molar-refractivity contribution is 7.99. The lowest BCUT2D eigenvalue weighted by atomic mass is 9.97. The van der Waals surface area contributed by atoms with Gasteiger partial charge in [-0.05, 0) is 50.8 Å². The first kappa shape index (κ1) is 14.4. The maximum absolute atomic E-state index is 9.61. The van der Waals surface area contributed by atoms with Crippen molar-refractivity contribution in [1.82, 2.24) is 5.32 Å². The molecule has 1 aliphatic rings. The van der Waals surface area contributed by atoms with Gasteiger partial charge in [0.1, 0.15) is 5.54 Å². The molecule has 0 aromatic heterocycles. The fourth-order valence-corrected chi connectivity index (χ4v) is 3.36. The first-order valence-electron chi connectivity index (χ1n) is 7.06. The Morgan fingerprint density at radius 2 is 2.05 bits per heavy atom. The molecule has 1 aromatic rings. The fourth-order valence-electron chi connectivity index (χ4n) is 2.23. The largest absolute Gasteiger partial charge is 0.298 e. The molecule has 1 aliphatic carbocycles. The molecule has 0 amide bonds. The van der Waals surface area contributed by atoms with Crippen LogP contribution >= 0.6 is 11.8 Å². The summed E-state index contributed by atoms with van der Waals surface area (Å²) in [5.74, 6) is 1.39. The van der Waals surface area contributed by atoms with Crippen LogP contribution in [0.3, 0.4) is 0 Å². The minimum absolute atomic E-state index is 0.328. The number of nitrogens with zero attached hydrogens (tertiary/aromatic N) is 1. The summed E-state index contributed by atoms with van der Waals surface area (Å²) in [6.45, 7) is 5.18. The summed E-state index contributed by atoms with van der Waals surface area (Å²) in [6, 6.07) is 11.1. The maximum atomic E-state index is 9.61. The number of benzene rings is 1. The summed E-state index contributed by atoms with van der Waals surface area (Å²) in [6.07, 6.45) is 3.46. The molecule has 0 saturated heterocycles. The van der Waals surface area contributed by atoms with Crippen LogP contribution in [-0.2, 0) is 0 Å². The van der Waals surface area contributed by atoms with Crippen molar-refractivity contribution in [1.29, 1.82) is 5.26 Å². The van der Waals surface area contributed by atoms with E-state index in [0.29, 0.717) is 5.92 Å². The van der Waals surface area contributed by atoms with Crippen LogP contribution < -0.4 is 5.32 Å². The van der Waals surface area contributed by atoms with Crippen molar-refractivity contribution in [3.05, 3.63) is 29.8 Å². The molecule has 0 heterocycles. The Bertz CT molecular complexity index is 445. The van der Waals surface area contributed by atoms with Crippen molar-refractivity contribution in [2.75, 3.05) is 12.3 Å². The van der Waals surface area contributed by atoms with Crippen molar-refractivity contribution < 1.29 is 0 Å². The molecule has 0 aliphatic heterocycles. The quantitative estimate of drug-likeness (QED) is 0.769. The second-order valence-corrected chi connectivity index (χ2v) is 6.43. The second-order valence-electron chi connectivity index (χ2n) is 5.39. The van der Waals surface area contributed by atoms with E-state index in [-0.39, 0.29) is 5.54 Å². The fraction of sp³-hybridized carbons (Fsp3) is 0.562. The van der Waals surface area contributed by atoms with Crippen molar-refractivity contribution in [3.63, 3.8) is 0 Å². The summed E-state index contributed by atoms with van der Waals surface area (Å²) in [5, 5.41) is 13.1. The Balaban J connectivity index is 2.00. The zero-order valence-electron chi connectivity index (χ0n) is 11.8. The number of hydrogen-bond acceptors (Lipinski definition) is 3. The summed E-state index contributed by atoms with van der Waals surface area (Å²) in [7, 11) is 0. The molecule has 0 spiro atoms. The lowest BCUT2D eigenvalue weighted by molar-refractivity contribution is 0.406. The van der Waals surface area contributed by atoms with E-state index < -0.39 is 0 Å². The van der Waals surface area contributed by atoms with Crippen LogP contribution in [0, 0.1) is 24.2 Å². The van der Waals surface area contributed by atoms with Crippen LogP contribution in [0.4, 0.5) is 0 Å². The molecule has 1 N–H and O–H groups in total. The second kappa shape index (κ2) is 6.45. The van der Waals surface area contributed by atoms with Crippen molar-refractivity contribution in [2.24, 2.45) is 5.92 Å².